The van der Waals surface area contributed by atoms with Crippen molar-refractivity contribution in [3.8, 4) is 33.4 Å². The van der Waals surface area contributed by atoms with Crippen molar-refractivity contribution in [2.45, 2.75) is 18.2 Å². The van der Waals surface area contributed by atoms with Gasteiger partial charge in [-0.25, -0.2) is 0 Å². The highest BCUT2D eigenvalue weighted by atomic mass is 32.2. The summed E-state index contributed by atoms with van der Waals surface area (Å²) in [6.07, 6.45) is 1.16. The van der Waals surface area contributed by atoms with Crippen LogP contribution in [-0.2, 0) is 0 Å². The van der Waals surface area contributed by atoms with Crippen molar-refractivity contribution in [2.75, 3.05) is 5.75 Å². The van der Waals surface area contributed by atoms with Crippen molar-refractivity contribution >= 4 is 11.8 Å². The van der Waals surface area contributed by atoms with Gasteiger partial charge in [-0.1, -0.05) is 97.9 Å². The van der Waals surface area contributed by atoms with Crippen LogP contribution in [0, 0.1) is 0 Å². The van der Waals surface area contributed by atoms with Crippen molar-refractivity contribution < 1.29 is 0 Å². The Bertz CT molecular complexity index is 1020. The third-order valence-corrected chi connectivity index (χ3v) is 6.06. The standard InChI is InChI=1S/C27H24S/c1-2-18-28-26-20-24(21-12-6-3-7-13-21)19-25(22-14-8-4-9-15-22)27(26)23-16-10-5-11-17-23/h3-17,19-20H,2,18H2,1H3. The van der Waals surface area contributed by atoms with Crippen molar-refractivity contribution in [1.29, 1.82) is 0 Å². The van der Waals surface area contributed by atoms with Gasteiger partial charge in [-0.2, -0.15) is 0 Å². The zero-order valence-electron chi connectivity index (χ0n) is 16.1. The molecule has 0 N–H and O–H groups in total. The van der Waals surface area contributed by atoms with E-state index >= 15 is 0 Å². The molecule has 0 spiro atoms. The fourth-order valence-corrected chi connectivity index (χ4v) is 4.49. The van der Waals surface area contributed by atoms with Crippen LogP contribution in [0.25, 0.3) is 33.4 Å². The first-order valence-electron chi connectivity index (χ1n) is 9.84. The molecule has 0 nitrogen and oxygen atoms in total. The minimum atomic E-state index is 1.12. The van der Waals surface area contributed by atoms with Crippen LogP contribution in [0.1, 0.15) is 13.3 Å². The van der Waals surface area contributed by atoms with E-state index in [2.05, 4.69) is 110 Å². The van der Waals surface area contributed by atoms with Crippen molar-refractivity contribution in [3.05, 3.63) is 103 Å². The van der Waals surface area contributed by atoms with Crippen LogP contribution < -0.4 is 0 Å². The maximum absolute atomic E-state index is 2.37. The minimum Gasteiger partial charge on any atom is -0.125 e. The lowest BCUT2D eigenvalue weighted by Crippen LogP contribution is -1.92. The highest BCUT2D eigenvalue weighted by Crippen LogP contribution is 2.42. The Labute approximate surface area is 172 Å². The van der Waals surface area contributed by atoms with Crippen LogP contribution >= 0.6 is 11.8 Å². The van der Waals surface area contributed by atoms with E-state index in [4.69, 9.17) is 0 Å². The molecule has 0 aliphatic carbocycles. The molecule has 0 saturated heterocycles. The quantitative estimate of drug-likeness (QED) is 0.304. The van der Waals surface area contributed by atoms with Crippen molar-refractivity contribution in [3.63, 3.8) is 0 Å². The van der Waals surface area contributed by atoms with Crippen LogP contribution in [0.2, 0.25) is 0 Å². The third-order valence-electron chi connectivity index (χ3n) is 4.82. The molecule has 138 valence electrons. The summed E-state index contributed by atoms with van der Waals surface area (Å²) in [6.45, 7) is 2.24. The predicted molar refractivity (Wildman–Crippen MR) is 124 cm³/mol. The summed E-state index contributed by atoms with van der Waals surface area (Å²) in [5, 5.41) is 0. The Morgan fingerprint density at radius 3 is 1.68 bits per heavy atom. The maximum Gasteiger partial charge on any atom is 0.0163 e. The lowest BCUT2D eigenvalue weighted by Gasteiger charge is -2.18. The average Bonchev–Trinajstić information content (AvgIpc) is 2.79. The number of hydrogen-bond acceptors (Lipinski definition) is 1. The van der Waals surface area contributed by atoms with Gasteiger partial charge in [-0.3, -0.25) is 0 Å². The highest BCUT2D eigenvalue weighted by molar-refractivity contribution is 7.99. The van der Waals surface area contributed by atoms with Crippen molar-refractivity contribution in [2.24, 2.45) is 0 Å². The first-order valence-corrected chi connectivity index (χ1v) is 10.8. The van der Waals surface area contributed by atoms with E-state index in [0.29, 0.717) is 0 Å². The number of rotatable bonds is 6. The topological polar surface area (TPSA) is 0 Å². The van der Waals surface area contributed by atoms with E-state index in [-0.39, 0.29) is 0 Å². The molecule has 1 heteroatoms. The molecule has 4 rings (SSSR count). The minimum absolute atomic E-state index is 1.12. The average molecular weight is 381 g/mol. The Morgan fingerprint density at radius 2 is 1.11 bits per heavy atom. The summed E-state index contributed by atoms with van der Waals surface area (Å²) in [7, 11) is 0. The van der Waals surface area contributed by atoms with Crippen LogP contribution in [0.5, 0.6) is 0 Å². The molecular formula is C27H24S. The normalized spacial score (nSPS) is 10.8. The summed E-state index contributed by atoms with van der Waals surface area (Å²) >= 11 is 1.96. The SMILES string of the molecule is CCCSc1cc(-c2ccccc2)cc(-c2ccccc2)c1-c1ccccc1. The van der Waals surface area contributed by atoms with Crippen LogP contribution in [0.3, 0.4) is 0 Å². The number of hydrogen-bond donors (Lipinski definition) is 0. The van der Waals surface area contributed by atoms with Gasteiger partial charge in [0.2, 0.25) is 0 Å². The molecule has 4 aromatic rings. The number of thioether (sulfide) groups is 1. The second kappa shape index (κ2) is 8.95. The zero-order valence-corrected chi connectivity index (χ0v) is 17.0. The lowest BCUT2D eigenvalue weighted by molar-refractivity contribution is 1.10. The Kier molecular flexibility index (Phi) is 5.94. The van der Waals surface area contributed by atoms with Gasteiger partial charge in [0.1, 0.15) is 0 Å². The molecule has 0 unspecified atom stereocenters. The molecule has 0 bridgehead atoms. The zero-order chi connectivity index (χ0) is 19.2. The van der Waals surface area contributed by atoms with E-state index in [1.165, 1.54) is 38.3 Å². The van der Waals surface area contributed by atoms with Crippen molar-refractivity contribution in [1.82, 2.24) is 0 Å². The molecule has 0 aromatic heterocycles. The Balaban J connectivity index is 1.99. The largest absolute Gasteiger partial charge is 0.125 e. The highest BCUT2D eigenvalue weighted by Gasteiger charge is 2.15. The van der Waals surface area contributed by atoms with E-state index in [1.807, 2.05) is 11.8 Å². The predicted octanol–water partition coefficient (Wildman–Crippen LogP) is 8.19. The smallest absolute Gasteiger partial charge is 0.0163 e. The van der Waals surface area contributed by atoms with Gasteiger partial charge in [0.05, 0.1) is 0 Å². The van der Waals surface area contributed by atoms with Gasteiger partial charge in [0.15, 0.2) is 0 Å². The summed E-state index contributed by atoms with van der Waals surface area (Å²) in [6, 6.07) is 36.9. The Hall–Kier alpha value is -2.77. The molecule has 0 heterocycles. The summed E-state index contributed by atoms with van der Waals surface area (Å²) in [5.74, 6) is 1.12. The summed E-state index contributed by atoms with van der Waals surface area (Å²) in [4.78, 5) is 1.35. The fraction of sp³-hybridized carbons (Fsp3) is 0.111. The first-order chi connectivity index (χ1) is 13.9. The van der Waals surface area contributed by atoms with Crippen LogP contribution in [0.15, 0.2) is 108 Å². The molecule has 28 heavy (non-hydrogen) atoms. The fourth-order valence-electron chi connectivity index (χ4n) is 3.49. The molecule has 0 amide bonds. The third kappa shape index (κ3) is 4.05. The van der Waals surface area contributed by atoms with Gasteiger partial charge in [0, 0.05) is 10.5 Å². The molecule has 0 atom stereocenters. The monoisotopic (exact) mass is 380 g/mol. The van der Waals surface area contributed by atoms with Crippen LogP contribution in [-0.4, -0.2) is 5.75 Å². The van der Waals surface area contributed by atoms with Gasteiger partial charge >= 0.3 is 0 Å². The second-order valence-corrected chi connectivity index (χ2v) is 7.98. The van der Waals surface area contributed by atoms with Gasteiger partial charge < -0.3 is 0 Å². The molecule has 0 aliphatic rings. The Morgan fingerprint density at radius 1 is 0.571 bits per heavy atom. The molecule has 0 saturated carbocycles. The molecular weight excluding hydrogens is 356 g/mol. The van der Waals surface area contributed by atoms with Gasteiger partial charge in [-0.05, 0) is 52.1 Å². The molecule has 4 aromatic carbocycles. The second-order valence-electron chi connectivity index (χ2n) is 6.84. The van der Waals surface area contributed by atoms with E-state index in [1.54, 1.807) is 0 Å². The molecule has 0 aliphatic heterocycles. The van der Waals surface area contributed by atoms with Gasteiger partial charge in [-0.15, -0.1) is 11.8 Å². The molecule has 0 radical (unpaired) electrons. The van der Waals surface area contributed by atoms with Gasteiger partial charge in [0.25, 0.3) is 0 Å². The van der Waals surface area contributed by atoms with E-state index < -0.39 is 0 Å². The molecule has 0 fully saturated rings. The maximum atomic E-state index is 2.37. The number of benzene rings is 4. The summed E-state index contributed by atoms with van der Waals surface area (Å²) < 4.78 is 0. The van der Waals surface area contributed by atoms with E-state index in [0.717, 1.165) is 12.2 Å². The summed E-state index contributed by atoms with van der Waals surface area (Å²) in [5.41, 5.74) is 7.71. The first kappa shape index (κ1) is 18.6. The van der Waals surface area contributed by atoms with Crippen LogP contribution in [0.4, 0.5) is 0 Å². The lowest BCUT2D eigenvalue weighted by atomic mass is 9.91. The van der Waals surface area contributed by atoms with E-state index in [9.17, 15) is 0 Å².